The zero-order valence-electron chi connectivity index (χ0n) is 16.9. The van der Waals surface area contributed by atoms with Crippen LogP contribution in [0, 0.1) is 5.92 Å². The van der Waals surface area contributed by atoms with Gasteiger partial charge in [-0.2, -0.15) is 0 Å². The Morgan fingerprint density at radius 1 is 1.12 bits per heavy atom. The fourth-order valence-corrected chi connectivity index (χ4v) is 2.26. The van der Waals surface area contributed by atoms with E-state index >= 15 is 0 Å². The predicted octanol–water partition coefficient (Wildman–Crippen LogP) is 3.21. The number of rotatable bonds is 12. The minimum Gasteiger partial charge on any atom is -0.493 e. The van der Waals surface area contributed by atoms with Gasteiger partial charge in [0.05, 0.1) is 26.9 Å². The molecule has 0 saturated carbocycles. The molecule has 1 rings (SSSR count). The summed E-state index contributed by atoms with van der Waals surface area (Å²) in [6.45, 7) is 12.6. The molecule has 1 aromatic rings. The van der Waals surface area contributed by atoms with Gasteiger partial charge in [-0.25, -0.2) is 4.99 Å². The van der Waals surface area contributed by atoms with Crippen molar-refractivity contribution in [1.82, 2.24) is 10.6 Å². The second-order valence-electron chi connectivity index (χ2n) is 6.34. The zero-order chi connectivity index (χ0) is 19.2. The number of benzene rings is 1. The number of aliphatic imine (C=N–C) groups is 1. The second kappa shape index (κ2) is 13.3. The van der Waals surface area contributed by atoms with E-state index < -0.39 is 0 Å². The van der Waals surface area contributed by atoms with Crippen LogP contribution in [0.4, 0.5) is 0 Å². The molecule has 0 unspecified atom stereocenters. The third kappa shape index (κ3) is 8.94. The normalized spacial score (nSPS) is 11.5. The fourth-order valence-electron chi connectivity index (χ4n) is 2.26. The first-order valence-corrected chi connectivity index (χ1v) is 9.50. The van der Waals surface area contributed by atoms with Gasteiger partial charge < -0.3 is 24.8 Å². The Hall–Kier alpha value is -1.95. The van der Waals surface area contributed by atoms with Crippen LogP contribution >= 0.6 is 0 Å². The highest BCUT2D eigenvalue weighted by Gasteiger charge is 2.05. The molecular formula is C20H35N3O3. The Kier molecular flexibility index (Phi) is 11.3. The van der Waals surface area contributed by atoms with Crippen molar-refractivity contribution in [2.24, 2.45) is 10.9 Å². The smallest absolute Gasteiger partial charge is 0.191 e. The van der Waals surface area contributed by atoms with Crippen molar-refractivity contribution in [3.63, 3.8) is 0 Å². The van der Waals surface area contributed by atoms with Crippen molar-refractivity contribution in [3.8, 4) is 11.5 Å². The van der Waals surface area contributed by atoms with Gasteiger partial charge in [-0.05, 0) is 43.9 Å². The Bertz CT molecular complexity index is 533. The van der Waals surface area contributed by atoms with Crippen LogP contribution in [0.3, 0.4) is 0 Å². The number of hydrogen-bond donors (Lipinski definition) is 2. The van der Waals surface area contributed by atoms with E-state index in [4.69, 9.17) is 14.2 Å². The molecule has 1 aromatic carbocycles. The third-order valence-electron chi connectivity index (χ3n) is 3.67. The van der Waals surface area contributed by atoms with Gasteiger partial charge in [0.15, 0.2) is 17.5 Å². The van der Waals surface area contributed by atoms with Crippen LogP contribution in [0.25, 0.3) is 0 Å². The maximum absolute atomic E-state index is 5.63. The lowest BCUT2D eigenvalue weighted by atomic mass is 10.1. The first kappa shape index (κ1) is 22.1. The van der Waals surface area contributed by atoms with E-state index in [0.29, 0.717) is 25.7 Å². The first-order valence-electron chi connectivity index (χ1n) is 9.50. The summed E-state index contributed by atoms with van der Waals surface area (Å²) in [6.07, 6.45) is 1.09. The predicted molar refractivity (Wildman–Crippen MR) is 107 cm³/mol. The monoisotopic (exact) mass is 365 g/mol. The topological polar surface area (TPSA) is 64.1 Å². The molecule has 6 heteroatoms. The van der Waals surface area contributed by atoms with Crippen LogP contribution in [0.15, 0.2) is 23.2 Å². The molecule has 0 aromatic heterocycles. The molecule has 148 valence electrons. The van der Waals surface area contributed by atoms with Gasteiger partial charge in [-0.3, -0.25) is 0 Å². The summed E-state index contributed by atoms with van der Waals surface area (Å²) < 4.78 is 16.6. The molecule has 0 aliphatic heterocycles. The van der Waals surface area contributed by atoms with Crippen molar-refractivity contribution in [3.05, 3.63) is 23.8 Å². The lowest BCUT2D eigenvalue weighted by molar-refractivity contribution is 0.128. The van der Waals surface area contributed by atoms with Gasteiger partial charge in [-0.1, -0.05) is 19.9 Å². The number of ether oxygens (including phenoxy) is 3. The van der Waals surface area contributed by atoms with Crippen molar-refractivity contribution in [2.75, 3.05) is 40.0 Å². The van der Waals surface area contributed by atoms with Gasteiger partial charge in [0.25, 0.3) is 0 Å². The van der Waals surface area contributed by atoms with E-state index in [0.717, 1.165) is 49.1 Å². The fraction of sp³-hybridized carbons (Fsp3) is 0.650. The van der Waals surface area contributed by atoms with Gasteiger partial charge in [0, 0.05) is 19.7 Å². The largest absolute Gasteiger partial charge is 0.493 e. The molecule has 0 saturated heterocycles. The SMILES string of the molecule is CCNC(=NCc1ccc(OCC)c(OC)c1)NCCOCCC(C)C. The van der Waals surface area contributed by atoms with Gasteiger partial charge >= 0.3 is 0 Å². The molecule has 26 heavy (non-hydrogen) atoms. The van der Waals surface area contributed by atoms with Crippen molar-refractivity contribution in [1.29, 1.82) is 0 Å². The van der Waals surface area contributed by atoms with E-state index in [9.17, 15) is 0 Å². The summed E-state index contributed by atoms with van der Waals surface area (Å²) in [7, 11) is 1.65. The van der Waals surface area contributed by atoms with E-state index in [1.807, 2.05) is 25.1 Å². The maximum Gasteiger partial charge on any atom is 0.191 e. The first-order chi connectivity index (χ1) is 12.6. The molecule has 0 heterocycles. The standard InChI is InChI=1S/C20H35N3O3/c1-6-21-20(22-11-13-25-12-10-16(3)4)23-15-17-8-9-18(26-7-2)19(14-17)24-5/h8-9,14,16H,6-7,10-13,15H2,1-5H3,(H2,21,22,23). The van der Waals surface area contributed by atoms with E-state index in [1.54, 1.807) is 7.11 Å². The molecule has 0 aliphatic rings. The summed E-state index contributed by atoms with van der Waals surface area (Å²) in [5, 5.41) is 6.55. The molecule has 0 bridgehead atoms. The van der Waals surface area contributed by atoms with E-state index in [1.165, 1.54) is 0 Å². The maximum atomic E-state index is 5.63. The van der Waals surface area contributed by atoms with Crippen molar-refractivity contribution in [2.45, 2.75) is 40.7 Å². The lowest BCUT2D eigenvalue weighted by Crippen LogP contribution is -2.39. The highest BCUT2D eigenvalue weighted by molar-refractivity contribution is 5.79. The van der Waals surface area contributed by atoms with Crippen LogP contribution < -0.4 is 20.1 Å². The van der Waals surface area contributed by atoms with Crippen LogP contribution in [-0.4, -0.2) is 46.0 Å². The second-order valence-corrected chi connectivity index (χ2v) is 6.34. The van der Waals surface area contributed by atoms with Crippen LogP contribution in [-0.2, 0) is 11.3 Å². The molecule has 0 spiro atoms. The Balaban J connectivity index is 2.52. The van der Waals surface area contributed by atoms with Gasteiger partial charge in [0.2, 0.25) is 0 Å². The van der Waals surface area contributed by atoms with Crippen molar-refractivity contribution >= 4 is 5.96 Å². The summed E-state index contributed by atoms with van der Waals surface area (Å²) in [5.74, 6) is 2.95. The van der Waals surface area contributed by atoms with E-state index in [2.05, 4.69) is 36.4 Å². The highest BCUT2D eigenvalue weighted by atomic mass is 16.5. The molecular weight excluding hydrogens is 330 g/mol. The molecule has 0 fully saturated rings. The number of hydrogen-bond acceptors (Lipinski definition) is 4. The van der Waals surface area contributed by atoms with Gasteiger partial charge in [-0.15, -0.1) is 0 Å². The summed E-state index contributed by atoms with van der Waals surface area (Å²) >= 11 is 0. The van der Waals surface area contributed by atoms with Crippen LogP contribution in [0.2, 0.25) is 0 Å². The quantitative estimate of drug-likeness (QED) is 0.338. The molecule has 0 aliphatic carbocycles. The Morgan fingerprint density at radius 2 is 1.92 bits per heavy atom. The minimum atomic E-state index is 0.562. The van der Waals surface area contributed by atoms with Crippen LogP contribution in [0.1, 0.15) is 39.7 Å². The lowest BCUT2D eigenvalue weighted by Gasteiger charge is -2.13. The minimum absolute atomic E-state index is 0.562. The molecule has 0 amide bonds. The molecule has 2 N–H and O–H groups in total. The Morgan fingerprint density at radius 3 is 2.58 bits per heavy atom. The third-order valence-corrected chi connectivity index (χ3v) is 3.67. The molecule has 6 nitrogen and oxygen atoms in total. The highest BCUT2D eigenvalue weighted by Crippen LogP contribution is 2.28. The van der Waals surface area contributed by atoms with Crippen molar-refractivity contribution < 1.29 is 14.2 Å². The number of guanidine groups is 1. The Labute approximate surface area is 158 Å². The van der Waals surface area contributed by atoms with Crippen LogP contribution in [0.5, 0.6) is 11.5 Å². The summed E-state index contributed by atoms with van der Waals surface area (Å²) in [5.41, 5.74) is 1.07. The number of nitrogens with zero attached hydrogens (tertiary/aromatic N) is 1. The average Bonchev–Trinajstić information content (AvgIpc) is 2.63. The summed E-state index contributed by atoms with van der Waals surface area (Å²) in [6, 6.07) is 5.90. The summed E-state index contributed by atoms with van der Waals surface area (Å²) in [4.78, 5) is 4.62. The zero-order valence-corrected chi connectivity index (χ0v) is 16.9. The number of nitrogens with one attached hydrogen (secondary N) is 2. The average molecular weight is 366 g/mol. The van der Waals surface area contributed by atoms with E-state index in [-0.39, 0.29) is 0 Å². The molecule has 0 radical (unpaired) electrons. The van der Waals surface area contributed by atoms with Gasteiger partial charge in [0.1, 0.15) is 0 Å². The molecule has 0 atom stereocenters. The number of methoxy groups -OCH3 is 1.